The molecule has 0 heterocycles. The molecule has 0 atom stereocenters. The second kappa shape index (κ2) is 7.07. The molecule has 0 fully saturated rings. The van der Waals surface area contributed by atoms with Crippen LogP contribution < -0.4 is 5.32 Å². The molecule has 0 aliphatic carbocycles. The highest BCUT2D eigenvalue weighted by Crippen LogP contribution is 2.16. The number of carbonyl (C=O) groups excluding carboxylic acids is 1. The summed E-state index contributed by atoms with van der Waals surface area (Å²) in [5.74, 6) is -0.0837. The molecular weight excluding hydrogens is 366 g/mol. The van der Waals surface area contributed by atoms with E-state index < -0.39 is 9.84 Å². The number of sulfone groups is 1. The van der Waals surface area contributed by atoms with E-state index in [1.165, 1.54) is 0 Å². The van der Waals surface area contributed by atoms with Gasteiger partial charge in [0.1, 0.15) is 0 Å². The number of anilines is 1. The Kier molecular flexibility index (Phi) is 5.37. The van der Waals surface area contributed by atoms with Crippen molar-refractivity contribution in [1.29, 1.82) is 0 Å². The van der Waals surface area contributed by atoms with Gasteiger partial charge in [0.15, 0.2) is 9.84 Å². The van der Waals surface area contributed by atoms with Crippen LogP contribution in [0.1, 0.15) is 12.5 Å². The number of nitrogens with one attached hydrogen (secondary N) is 1. The van der Waals surface area contributed by atoms with Gasteiger partial charge in [-0.2, -0.15) is 0 Å². The Labute approximate surface area is 138 Å². The van der Waals surface area contributed by atoms with Gasteiger partial charge in [-0.3, -0.25) is 4.79 Å². The zero-order valence-electron chi connectivity index (χ0n) is 12.0. The average molecular weight is 382 g/mol. The summed E-state index contributed by atoms with van der Waals surface area (Å²) in [7, 11) is -3.20. The van der Waals surface area contributed by atoms with Gasteiger partial charge in [-0.25, -0.2) is 8.42 Å². The Hall–Kier alpha value is -1.66. The molecule has 0 aromatic heterocycles. The lowest BCUT2D eigenvalue weighted by Gasteiger charge is -2.07. The molecule has 116 valence electrons. The first-order valence-electron chi connectivity index (χ1n) is 6.78. The Morgan fingerprint density at radius 3 is 2.41 bits per heavy atom. The number of amides is 1. The molecule has 0 saturated carbocycles. The van der Waals surface area contributed by atoms with Crippen LogP contribution in [0.2, 0.25) is 0 Å². The Morgan fingerprint density at radius 2 is 1.82 bits per heavy atom. The van der Waals surface area contributed by atoms with Gasteiger partial charge in [0.05, 0.1) is 17.1 Å². The normalized spacial score (nSPS) is 11.2. The fourth-order valence-corrected chi connectivity index (χ4v) is 3.22. The van der Waals surface area contributed by atoms with Crippen LogP contribution in [0.15, 0.2) is 57.9 Å². The summed E-state index contributed by atoms with van der Waals surface area (Å²) in [6.07, 6.45) is 0.193. The van der Waals surface area contributed by atoms with Gasteiger partial charge in [0, 0.05) is 10.2 Å². The maximum absolute atomic E-state index is 12.0. The van der Waals surface area contributed by atoms with Crippen LogP contribution in [-0.4, -0.2) is 20.1 Å². The van der Waals surface area contributed by atoms with E-state index in [1.807, 2.05) is 18.2 Å². The van der Waals surface area contributed by atoms with Crippen LogP contribution in [0.5, 0.6) is 0 Å². The first-order chi connectivity index (χ1) is 10.4. The van der Waals surface area contributed by atoms with Crippen molar-refractivity contribution in [2.24, 2.45) is 0 Å². The summed E-state index contributed by atoms with van der Waals surface area (Å²) in [5, 5.41) is 2.80. The van der Waals surface area contributed by atoms with E-state index in [-0.39, 0.29) is 23.0 Å². The zero-order valence-corrected chi connectivity index (χ0v) is 14.4. The van der Waals surface area contributed by atoms with Crippen LogP contribution >= 0.6 is 15.9 Å². The van der Waals surface area contributed by atoms with Gasteiger partial charge in [-0.15, -0.1) is 0 Å². The highest BCUT2D eigenvalue weighted by molar-refractivity contribution is 9.10. The maximum atomic E-state index is 12.0. The highest BCUT2D eigenvalue weighted by atomic mass is 79.9. The summed E-state index contributed by atoms with van der Waals surface area (Å²) in [4.78, 5) is 12.3. The first kappa shape index (κ1) is 16.7. The summed E-state index contributed by atoms with van der Waals surface area (Å²) in [5.41, 5.74) is 1.48. The average Bonchev–Trinajstić information content (AvgIpc) is 2.47. The molecule has 0 aliphatic heterocycles. The van der Waals surface area contributed by atoms with Crippen molar-refractivity contribution in [3.05, 3.63) is 58.6 Å². The van der Waals surface area contributed by atoms with Gasteiger partial charge in [0.25, 0.3) is 0 Å². The third-order valence-electron chi connectivity index (χ3n) is 3.14. The molecular formula is C16H16BrNO3S. The fourth-order valence-electron chi connectivity index (χ4n) is 1.94. The molecule has 6 heteroatoms. The van der Waals surface area contributed by atoms with E-state index in [0.29, 0.717) is 5.69 Å². The molecule has 2 aromatic carbocycles. The van der Waals surface area contributed by atoms with Crippen LogP contribution in [0, 0.1) is 0 Å². The van der Waals surface area contributed by atoms with Crippen LogP contribution in [0.4, 0.5) is 5.69 Å². The predicted octanol–water partition coefficient (Wildman–Crippen LogP) is 3.42. The van der Waals surface area contributed by atoms with Crippen molar-refractivity contribution in [3.63, 3.8) is 0 Å². The third kappa shape index (κ3) is 4.42. The van der Waals surface area contributed by atoms with Crippen molar-refractivity contribution < 1.29 is 13.2 Å². The predicted molar refractivity (Wildman–Crippen MR) is 90.6 cm³/mol. The fraction of sp³-hybridized carbons (Fsp3) is 0.188. The number of rotatable bonds is 5. The summed E-state index contributed by atoms with van der Waals surface area (Å²) in [6.45, 7) is 1.61. The van der Waals surface area contributed by atoms with Crippen molar-refractivity contribution >= 4 is 37.4 Å². The molecule has 0 bridgehead atoms. The summed E-state index contributed by atoms with van der Waals surface area (Å²) in [6, 6.07) is 13.8. The van der Waals surface area contributed by atoms with Gasteiger partial charge >= 0.3 is 0 Å². The van der Waals surface area contributed by atoms with Crippen LogP contribution in [-0.2, 0) is 21.1 Å². The largest absolute Gasteiger partial charge is 0.326 e. The maximum Gasteiger partial charge on any atom is 0.228 e. The van der Waals surface area contributed by atoms with Gasteiger partial charge in [-0.05, 0) is 35.9 Å². The minimum Gasteiger partial charge on any atom is -0.326 e. The molecule has 2 aromatic rings. The van der Waals surface area contributed by atoms with Crippen molar-refractivity contribution in [1.82, 2.24) is 0 Å². The molecule has 2 rings (SSSR count). The SMILES string of the molecule is CCS(=O)(=O)c1ccc(CC(=O)Nc2cccc(Br)c2)cc1. The molecule has 22 heavy (non-hydrogen) atoms. The Balaban J connectivity index is 2.03. The molecule has 0 saturated heterocycles. The molecule has 1 amide bonds. The topological polar surface area (TPSA) is 63.2 Å². The van der Waals surface area contributed by atoms with Gasteiger partial charge in [-0.1, -0.05) is 41.1 Å². The van der Waals surface area contributed by atoms with E-state index >= 15 is 0 Å². The molecule has 0 aliphatic rings. The van der Waals surface area contributed by atoms with Gasteiger partial charge < -0.3 is 5.32 Å². The van der Waals surface area contributed by atoms with E-state index in [2.05, 4.69) is 21.2 Å². The van der Waals surface area contributed by atoms with Gasteiger partial charge in [0.2, 0.25) is 5.91 Å². The minimum absolute atomic E-state index is 0.0652. The van der Waals surface area contributed by atoms with E-state index in [9.17, 15) is 13.2 Å². The first-order valence-corrected chi connectivity index (χ1v) is 9.22. The Morgan fingerprint density at radius 1 is 1.14 bits per heavy atom. The van der Waals surface area contributed by atoms with E-state index in [4.69, 9.17) is 0 Å². The zero-order chi connectivity index (χ0) is 16.2. The second-order valence-corrected chi connectivity index (χ2v) is 7.98. The smallest absolute Gasteiger partial charge is 0.228 e. The quantitative estimate of drug-likeness (QED) is 0.862. The number of halogens is 1. The Bertz CT molecular complexity index is 770. The minimum atomic E-state index is -3.20. The summed E-state index contributed by atoms with van der Waals surface area (Å²) < 4.78 is 24.3. The lowest BCUT2D eigenvalue weighted by atomic mass is 10.1. The number of hydrogen-bond donors (Lipinski definition) is 1. The molecule has 1 N–H and O–H groups in total. The number of hydrogen-bond acceptors (Lipinski definition) is 3. The monoisotopic (exact) mass is 381 g/mol. The highest BCUT2D eigenvalue weighted by Gasteiger charge is 2.11. The molecule has 0 spiro atoms. The van der Waals surface area contributed by atoms with Crippen molar-refractivity contribution in [2.75, 3.05) is 11.1 Å². The standard InChI is InChI=1S/C16H16BrNO3S/c1-2-22(20,21)15-8-6-12(7-9-15)10-16(19)18-14-5-3-4-13(17)11-14/h3-9,11H,2,10H2,1H3,(H,18,19). The van der Waals surface area contributed by atoms with E-state index in [0.717, 1.165) is 10.0 Å². The lowest BCUT2D eigenvalue weighted by Crippen LogP contribution is -2.14. The number of benzene rings is 2. The number of carbonyl (C=O) groups is 1. The third-order valence-corrected chi connectivity index (χ3v) is 5.38. The molecule has 0 unspecified atom stereocenters. The van der Waals surface area contributed by atoms with Crippen molar-refractivity contribution in [2.45, 2.75) is 18.2 Å². The van der Waals surface area contributed by atoms with Crippen molar-refractivity contribution in [3.8, 4) is 0 Å². The lowest BCUT2D eigenvalue weighted by molar-refractivity contribution is -0.115. The summed E-state index contributed by atoms with van der Waals surface area (Å²) >= 11 is 3.34. The van der Waals surface area contributed by atoms with E-state index in [1.54, 1.807) is 37.3 Å². The van der Waals surface area contributed by atoms with Crippen LogP contribution in [0.3, 0.4) is 0 Å². The second-order valence-electron chi connectivity index (χ2n) is 4.78. The molecule has 4 nitrogen and oxygen atoms in total. The molecule has 0 radical (unpaired) electrons. The van der Waals surface area contributed by atoms with Crippen LogP contribution in [0.25, 0.3) is 0 Å².